The minimum absolute atomic E-state index is 0.00788. The summed E-state index contributed by atoms with van der Waals surface area (Å²) in [5, 5.41) is 2.49. The molecular formula is C17H20N2O5S. The maximum Gasteiger partial charge on any atom is 0.261 e. The first-order valence-corrected chi connectivity index (χ1v) is 8.88. The number of hydrogen-bond acceptors (Lipinski definition) is 5. The smallest absolute Gasteiger partial charge is 0.261 e. The highest BCUT2D eigenvalue weighted by molar-refractivity contribution is 7.92. The lowest BCUT2D eigenvalue weighted by molar-refractivity contribution is 0.0962. The summed E-state index contributed by atoms with van der Waals surface area (Å²) < 4.78 is 38.0. The van der Waals surface area contributed by atoms with Crippen molar-refractivity contribution in [2.75, 3.05) is 26.0 Å². The van der Waals surface area contributed by atoms with Gasteiger partial charge in [-0.25, -0.2) is 8.42 Å². The molecule has 0 saturated carbocycles. The minimum atomic E-state index is -3.87. The van der Waals surface area contributed by atoms with Crippen LogP contribution in [-0.4, -0.2) is 35.6 Å². The van der Waals surface area contributed by atoms with Crippen molar-refractivity contribution in [3.63, 3.8) is 0 Å². The average molecular weight is 364 g/mol. The Morgan fingerprint density at radius 2 is 1.68 bits per heavy atom. The molecular weight excluding hydrogens is 344 g/mol. The van der Waals surface area contributed by atoms with Gasteiger partial charge in [-0.05, 0) is 36.8 Å². The maximum atomic E-state index is 12.6. The molecule has 0 heterocycles. The second-order valence-electron chi connectivity index (χ2n) is 5.23. The number of aryl methyl sites for hydroxylation is 1. The van der Waals surface area contributed by atoms with Crippen LogP contribution < -0.4 is 19.5 Å². The summed E-state index contributed by atoms with van der Waals surface area (Å²) >= 11 is 0. The van der Waals surface area contributed by atoms with Crippen molar-refractivity contribution < 1.29 is 22.7 Å². The number of benzene rings is 2. The molecule has 0 aromatic heterocycles. The van der Waals surface area contributed by atoms with Gasteiger partial charge < -0.3 is 14.8 Å². The number of rotatable bonds is 6. The highest BCUT2D eigenvalue weighted by atomic mass is 32.2. The summed E-state index contributed by atoms with van der Waals surface area (Å²) in [5.74, 6) is 0.543. The standard InChI is InChI=1S/C17H20N2O5S/c1-11-5-7-13(10-14(11)17(20)18-2)25(21,22)19-12-6-8-15(23-3)16(9-12)24-4/h5-10,19H,1-4H3,(H,18,20). The van der Waals surface area contributed by atoms with Crippen LogP contribution in [0.3, 0.4) is 0 Å². The van der Waals surface area contributed by atoms with E-state index in [0.717, 1.165) is 0 Å². The number of methoxy groups -OCH3 is 2. The van der Waals surface area contributed by atoms with E-state index in [1.54, 1.807) is 25.1 Å². The molecule has 2 aromatic carbocycles. The van der Waals surface area contributed by atoms with Crippen LogP contribution in [0.4, 0.5) is 5.69 Å². The van der Waals surface area contributed by atoms with Gasteiger partial charge in [-0.1, -0.05) is 6.07 Å². The molecule has 0 atom stereocenters. The third-order valence-electron chi connectivity index (χ3n) is 3.63. The Hall–Kier alpha value is -2.74. The van der Waals surface area contributed by atoms with Gasteiger partial charge in [0.05, 0.1) is 24.8 Å². The quantitative estimate of drug-likeness (QED) is 0.819. The fraction of sp³-hybridized carbons (Fsp3) is 0.235. The summed E-state index contributed by atoms with van der Waals surface area (Å²) in [5.41, 5.74) is 1.31. The third-order valence-corrected chi connectivity index (χ3v) is 5.01. The summed E-state index contributed by atoms with van der Waals surface area (Å²) in [6.07, 6.45) is 0. The molecule has 2 aromatic rings. The molecule has 7 nitrogen and oxygen atoms in total. The van der Waals surface area contributed by atoms with E-state index in [2.05, 4.69) is 10.0 Å². The van der Waals surface area contributed by atoms with Crippen LogP contribution in [0.2, 0.25) is 0 Å². The van der Waals surface area contributed by atoms with E-state index in [4.69, 9.17) is 9.47 Å². The number of hydrogen-bond donors (Lipinski definition) is 2. The molecule has 0 spiro atoms. The van der Waals surface area contributed by atoms with Gasteiger partial charge in [0, 0.05) is 18.7 Å². The van der Waals surface area contributed by atoms with Crippen LogP contribution in [0, 0.1) is 6.92 Å². The molecule has 0 unspecified atom stereocenters. The predicted molar refractivity (Wildman–Crippen MR) is 94.9 cm³/mol. The third kappa shape index (κ3) is 4.03. The van der Waals surface area contributed by atoms with Crippen molar-refractivity contribution in [1.29, 1.82) is 0 Å². The number of carbonyl (C=O) groups excluding carboxylic acids is 1. The number of nitrogens with one attached hydrogen (secondary N) is 2. The van der Waals surface area contributed by atoms with Gasteiger partial charge in [-0.15, -0.1) is 0 Å². The van der Waals surface area contributed by atoms with E-state index in [1.807, 2.05) is 0 Å². The Balaban J connectivity index is 2.38. The Bertz CT molecular complexity index is 894. The van der Waals surface area contributed by atoms with Crippen molar-refractivity contribution in [2.24, 2.45) is 0 Å². The van der Waals surface area contributed by atoms with Crippen molar-refractivity contribution in [1.82, 2.24) is 5.32 Å². The number of carbonyl (C=O) groups is 1. The van der Waals surface area contributed by atoms with E-state index >= 15 is 0 Å². The average Bonchev–Trinajstić information content (AvgIpc) is 2.60. The molecule has 2 N–H and O–H groups in total. The largest absolute Gasteiger partial charge is 0.493 e. The summed E-state index contributed by atoms with van der Waals surface area (Å²) in [7, 11) is 0.584. The Labute approximate surface area is 147 Å². The molecule has 0 aliphatic rings. The zero-order valence-electron chi connectivity index (χ0n) is 14.4. The summed E-state index contributed by atoms with van der Waals surface area (Å²) in [6, 6.07) is 9.06. The fourth-order valence-corrected chi connectivity index (χ4v) is 3.34. The van der Waals surface area contributed by atoms with Gasteiger partial charge in [-0.2, -0.15) is 0 Å². The van der Waals surface area contributed by atoms with Crippen LogP contribution in [0.15, 0.2) is 41.3 Å². The minimum Gasteiger partial charge on any atom is -0.493 e. The van der Waals surface area contributed by atoms with Gasteiger partial charge >= 0.3 is 0 Å². The lowest BCUT2D eigenvalue weighted by atomic mass is 10.1. The maximum absolute atomic E-state index is 12.6. The Morgan fingerprint density at radius 1 is 1.00 bits per heavy atom. The fourth-order valence-electron chi connectivity index (χ4n) is 2.26. The van der Waals surface area contributed by atoms with Crippen LogP contribution >= 0.6 is 0 Å². The second-order valence-corrected chi connectivity index (χ2v) is 6.91. The molecule has 8 heteroatoms. The predicted octanol–water partition coefficient (Wildman–Crippen LogP) is 2.17. The number of amides is 1. The van der Waals surface area contributed by atoms with E-state index in [0.29, 0.717) is 28.3 Å². The van der Waals surface area contributed by atoms with Crippen molar-refractivity contribution >= 4 is 21.6 Å². The SMILES string of the molecule is CNC(=O)c1cc(S(=O)(=O)Nc2ccc(OC)c(OC)c2)ccc1C. The molecule has 0 radical (unpaired) electrons. The first-order chi connectivity index (χ1) is 11.8. The van der Waals surface area contributed by atoms with Crippen molar-refractivity contribution in [3.05, 3.63) is 47.5 Å². The Kier molecular flexibility index (Phi) is 5.53. The first kappa shape index (κ1) is 18.6. The Morgan fingerprint density at radius 3 is 2.28 bits per heavy atom. The van der Waals surface area contributed by atoms with Crippen LogP contribution in [0.5, 0.6) is 11.5 Å². The molecule has 0 aliphatic heterocycles. The summed E-state index contributed by atoms with van der Waals surface area (Å²) in [6.45, 7) is 1.74. The van der Waals surface area contributed by atoms with Crippen LogP contribution in [-0.2, 0) is 10.0 Å². The molecule has 0 aliphatic carbocycles. The topological polar surface area (TPSA) is 93.7 Å². The van der Waals surface area contributed by atoms with Gasteiger partial charge in [-0.3, -0.25) is 9.52 Å². The van der Waals surface area contributed by atoms with Crippen molar-refractivity contribution in [3.8, 4) is 11.5 Å². The number of anilines is 1. The van der Waals surface area contributed by atoms with Gasteiger partial charge in [0.15, 0.2) is 11.5 Å². The molecule has 0 fully saturated rings. The molecule has 25 heavy (non-hydrogen) atoms. The van der Waals surface area contributed by atoms with E-state index in [1.165, 1.54) is 39.5 Å². The highest BCUT2D eigenvalue weighted by Crippen LogP contribution is 2.30. The van der Waals surface area contributed by atoms with Crippen LogP contribution in [0.25, 0.3) is 0 Å². The van der Waals surface area contributed by atoms with E-state index in [-0.39, 0.29) is 10.8 Å². The lowest BCUT2D eigenvalue weighted by Crippen LogP contribution is -2.20. The zero-order chi connectivity index (χ0) is 18.6. The molecule has 0 bridgehead atoms. The normalized spacial score (nSPS) is 10.9. The van der Waals surface area contributed by atoms with Gasteiger partial charge in [0.2, 0.25) is 0 Å². The van der Waals surface area contributed by atoms with Gasteiger partial charge in [0.25, 0.3) is 15.9 Å². The monoisotopic (exact) mass is 364 g/mol. The highest BCUT2D eigenvalue weighted by Gasteiger charge is 2.18. The molecule has 2 rings (SSSR count). The van der Waals surface area contributed by atoms with E-state index in [9.17, 15) is 13.2 Å². The van der Waals surface area contributed by atoms with Crippen molar-refractivity contribution in [2.45, 2.75) is 11.8 Å². The number of sulfonamides is 1. The number of ether oxygens (including phenoxy) is 2. The second kappa shape index (κ2) is 7.43. The first-order valence-electron chi connectivity index (χ1n) is 7.40. The van der Waals surface area contributed by atoms with Gasteiger partial charge in [0.1, 0.15) is 0 Å². The summed E-state index contributed by atoms with van der Waals surface area (Å²) in [4.78, 5) is 11.9. The molecule has 1 amide bonds. The molecule has 0 saturated heterocycles. The molecule has 134 valence electrons. The lowest BCUT2D eigenvalue weighted by Gasteiger charge is -2.13. The zero-order valence-corrected chi connectivity index (χ0v) is 15.2. The van der Waals surface area contributed by atoms with E-state index < -0.39 is 10.0 Å². The van der Waals surface area contributed by atoms with Crippen LogP contribution in [0.1, 0.15) is 15.9 Å².